The average molecular weight is 321 g/mol. The van der Waals surface area contributed by atoms with Gasteiger partial charge in [0.05, 0.1) is 11.8 Å². The molecule has 0 radical (unpaired) electrons. The first kappa shape index (κ1) is 15.5. The number of halogens is 3. The smallest absolute Gasteiger partial charge is 0.337 e. The van der Waals surface area contributed by atoms with Gasteiger partial charge in [-0.2, -0.15) is 13.2 Å². The minimum absolute atomic E-state index is 0.0991. The molecule has 0 saturated carbocycles. The van der Waals surface area contributed by atoms with Gasteiger partial charge in [-0.3, -0.25) is 9.78 Å². The zero-order valence-corrected chi connectivity index (χ0v) is 12.1. The summed E-state index contributed by atoms with van der Waals surface area (Å²) in [5.74, 6) is -0.342. The quantitative estimate of drug-likeness (QED) is 0.854. The number of carbonyl (C=O) groups excluding carboxylic acids is 1. The SMILES string of the molecule is O=C(c1cnccn1)N1CCC(c2cccc(C(F)(F)F)c2)C1. The Bertz CT molecular complexity index is 703. The number of nitrogens with zero attached hydrogens (tertiary/aromatic N) is 3. The fourth-order valence-corrected chi connectivity index (χ4v) is 2.76. The Hall–Kier alpha value is -2.44. The van der Waals surface area contributed by atoms with Crippen molar-refractivity contribution in [1.82, 2.24) is 14.9 Å². The molecule has 3 rings (SSSR count). The number of likely N-dealkylation sites (tertiary alicyclic amines) is 1. The molecule has 0 bridgehead atoms. The Labute approximate surface area is 131 Å². The highest BCUT2D eigenvalue weighted by Gasteiger charge is 2.33. The zero-order chi connectivity index (χ0) is 16.4. The maximum Gasteiger partial charge on any atom is 0.416 e. The van der Waals surface area contributed by atoms with Crippen LogP contribution in [0.2, 0.25) is 0 Å². The Morgan fingerprint density at radius 2 is 2.09 bits per heavy atom. The van der Waals surface area contributed by atoms with Crippen molar-refractivity contribution in [3.8, 4) is 0 Å². The van der Waals surface area contributed by atoms with Gasteiger partial charge in [0, 0.05) is 31.4 Å². The monoisotopic (exact) mass is 321 g/mol. The lowest BCUT2D eigenvalue weighted by atomic mass is 9.96. The van der Waals surface area contributed by atoms with Gasteiger partial charge in [-0.25, -0.2) is 4.98 Å². The van der Waals surface area contributed by atoms with E-state index in [0.29, 0.717) is 25.1 Å². The van der Waals surface area contributed by atoms with E-state index in [2.05, 4.69) is 9.97 Å². The molecule has 2 heterocycles. The number of benzene rings is 1. The van der Waals surface area contributed by atoms with Gasteiger partial charge in [0.15, 0.2) is 0 Å². The topological polar surface area (TPSA) is 46.1 Å². The highest BCUT2D eigenvalue weighted by molar-refractivity contribution is 5.92. The van der Waals surface area contributed by atoms with Gasteiger partial charge < -0.3 is 4.90 Å². The van der Waals surface area contributed by atoms with Crippen molar-refractivity contribution in [2.75, 3.05) is 13.1 Å². The normalized spacial score (nSPS) is 18.2. The molecule has 23 heavy (non-hydrogen) atoms. The molecule has 1 saturated heterocycles. The van der Waals surface area contributed by atoms with Crippen molar-refractivity contribution in [1.29, 1.82) is 0 Å². The Morgan fingerprint density at radius 3 is 2.78 bits per heavy atom. The summed E-state index contributed by atoms with van der Waals surface area (Å²) in [6, 6.07) is 5.31. The molecule has 2 aromatic rings. The molecule has 0 spiro atoms. The summed E-state index contributed by atoms with van der Waals surface area (Å²) in [4.78, 5) is 21.7. The summed E-state index contributed by atoms with van der Waals surface area (Å²) < 4.78 is 38.4. The summed E-state index contributed by atoms with van der Waals surface area (Å²) >= 11 is 0. The lowest BCUT2D eigenvalue weighted by Crippen LogP contribution is -2.29. The van der Waals surface area contributed by atoms with Gasteiger partial charge in [-0.15, -0.1) is 0 Å². The minimum atomic E-state index is -4.36. The van der Waals surface area contributed by atoms with Crippen molar-refractivity contribution in [3.05, 3.63) is 59.7 Å². The van der Waals surface area contributed by atoms with Gasteiger partial charge in [0.2, 0.25) is 0 Å². The highest BCUT2D eigenvalue weighted by Crippen LogP contribution is 2.33. The molecule has 1 atom stereocenters. The predicted octanol–water partition coefficient (Wildman–Crippen LogP) is 3.13. The third-order valence-corrected chi connectivity index (χ3v) is 3.94. The first-order valence-electron chi connectivity index (χ1n) is 7.17. The van der Waals surface area contributed by atoms with Gasteiger partial charge in [-0.1, -0.05) is 18.2 Å². The van der Waals surface area contributed by atoms with E-state index in [1.165, 1.54) is 30.7 Å². The van der Waals surface area contributed by atoms with Crippen LogP contribution in [0.4, 0.5) is 13.2 Å². The van der Waals surface area contributed by atoms with Crippen LogP contribution < -0.4 is 0 Å². The number of alkyl halides is 3. The van der Waals surface area contributed by atoms with E-state index in [-0.39, 0.29) is 17.5 Å². The third-order valence-electron chi connectivity index (χ3n) is 3.94. The number of aromatic nitrogens is 2. The second-order valence-electron chi connectivity index (χ2n) is 5.45. The summed E-state index contributed by atoms with van der Waals surface area (Å²) in [7, 11) is 0. The standard InChI is InChI=1S/C16H14F3N3O/c17-16(18,19)13-3-1-2-11(8-13)12-4-7-22(10-12)15(23)14-9-20-5-6-21-14/h1-3,5-6,8-9,12H,4,7,10H2. The molecule has 0 aliphatic carbocycles. The van der Waals surface area contributed by atoms with Crippen LogP contribution in [-0.4, -0.2) is 33.9 Å². The molecule has 1 unspecified atom stereocenters. The largest absolute Gasteiger partial charge is 0.416 e. The zero-order valence-electron chi connectivity index (χ0n) is 12.1. The van der Waals surface area contributed by atoms with Crippen LogP contribution in [-0.2, 0) is 6.18 Å². The first-order chi connectivity index (χ1) is 10.9. The van der Waals surface area contributed by atoms with Crippen LogP contribution in [0.15, 0.2) is 42.9 Å². The van der Waals surface area contributed by atoms with Crippen molar-refractivity contribution < 1.29 is 18.0 Å². The maximum absolute atomic E-state index is 12.8. The summed E-state index contributed by atoms with van der Waals surface area (Å²) in [6.07, 6.45) is 0.580. The lowest BCUT2D eigenvalue weighted by molar-refractivity contribution is -0.137. The molecular formula is C16H14F3N3O. The van der Waals surface area contributed by atoms with Crippen LogP contribution in [0.1, 0.15) is 34.0 Å². The van der Waals surface area contributed by atoms with E-state index in [1.807, 2.05) is 0 Å². The van der Waals surface area contributed by atoms with Crippen LogP contribution in [0, 0.1) is 0 Å². The summed E-state index contributed by atoms with van der Waals surface area (Å²) in [5.41, 5.74) is 0.195. The molecule has 1 aliphatic rings. The Balaban J connectivity index is 1.74. The molecule has 7 heteroatoms. The summed E-state index contributed by atoms with van der Waals surface area (Å²) in [5, 5.41) is 0. The van der Waals surface area contributed by atoms with E-state index in [1.54, 1.807) is 11.0 Å². The molecule has 1 aromatic carbocycles. The van der Waals surface area contributed by atoms with Crippen molar-refractivity contribution >= 4 is 5.91 Å². The molecule has 1 amide bonds. The van der Waals surface area contributed by atoms with Gasteiger partial charge in [0.25, 0.3) is 5.91 Å². The maximum atomic E-state index is 12.8. The van der Waals surface area contributed by atoms with Crippen LogP contribution in [0.5, 0.6) is 0 Å². The number of amides is 1. The molecule has 4 nitrogen and oxygen atoms in total. The van der Waals surface area contributed by atoms with E-state index in [0.717, 1.165) is 6.07 Å². The van der Waals surface area contributed by atoms with Crippen LogP contribution >= 0.6 is 0 Å². The van der Waals surface area contributed by atoms with Crippen LogP contribution in [0.25, 0.3) is 0 Å². The van der Waals surface area contributed by atoms with Crippen molar-refractivity contribution in [3.63, 3.8) is 0 Å². The van der Waals surface area contributed by atoms with Crippen molar-refractivity contribution in [2.45, 2.75) is 18.5 Å². The average Bonchev–Trinajstić information content (AvgIpc) is 3.04. The molecule has 1 fully saturated rings. The number of hydrogen-bond acceptors (Lipinski definition) is 3. The minimum Gasteiger partial charge on any atom is -0.337 e. The number of hydrogen-bond donors (Lipinski definition) is 0. The number of rotatable bonds is 2. The van der Waals surface area contributed by atoms with Gasteiger partial charge in [-0.05, 0) is 18.1 Å². The van der Waals surface area contributed by atoms with Crippen molar-refractivity contribution in [2.24, 2.45) is 0 Å². The molecule has 1 aliphatic heterocycles. The highest BCUT2D eigenvalue weighted by atomic mass is 19.4. The van der Waals surface area contributed by atoms with E-state index < -0.39 is 11.7 Å². The number of carbonyl (C=O) groups is 1. The van der Waals surface area contributed by atoms with E-state index in [9.17, 15) is 18.0 Å². The Kier molecular flexibility index (Phi) is 4.02. The summed E-state index contributed by atoms with van der Waals surface area (Å²) in [6.45, 7) is 0.882. The predicted molar refractivity (Wildman–Crippen MR) is 76.7 cm³/mol. The van der Waals surface area contributed by atoms with E-state index in [4.69, 9.17) is 0 Å². The van der Waals surface area contributed by atoms with Gasteiger partial charge >= 0.3 is 6.18 Å². The van der Waals surface area contributed by atoms with E-state index >= 15 is 0 Å². The molecular weight excluding hydrogens is 307 g/mol. The van der Waals surface area contributed by atoms with Crippen LogP contribution in [0.3, 0.4) is 0 Å². The van der Waals surface area contributed by atoms with Gasteiger partial charge in [0.1, 0.15) is 5.69 Å². The fraction of sp³-hybridized carbons (Fsp3) is 0.312. The Morgan fingerprint density at radius 1 is 1.26 bits per heavy atom. The molecule has 0 N–H and O–H groups in total. The fourth-order valence-electron chi connectivity index (χ4n) is 2.76. The molecule has 1 aromatic heterocycles. The molecule has 120 valence electrons. The second-order valence-corrected chi connectivity index (χ2v) is 5.45. The second kappa shape index (κ2) is 5.98. The lowest BCUT2D eigenvalue weighted by Gasteiger charge is -2.16. The third kappa shape index (κ3) is 3.33. The first-order valence-corrected chi connectivity index (χ1v) is 7.17.